The summed E-state index contributed by atoms with van der Waals surface area (Å²) in [5.41, 5.74) is -3.03. The monoisotopic (exact) mass is 1870 g/mol. The fourth-order valence-electron chi connectivity index (χ4n) is 18.3. The van der Waals surface area contributed by atoms with Crippen LogP contribution >= 0.6 is 7.60 Å². The number of ether oxygens (including phenoxy) is 9. The first-order chi connectivity index (χ1) is 64.9. The molecular weight excluding hydrogens is 1700 g/mol. The normalized spacial score (nSPS) is 16.5. The zero-order valence-corrected chi connectivity index (χ0v) is 83.3. The minimum atomic E-state index is -4.74. The fourth-order valence-corrected chi connectivity index (χ4v) is 20.4. The Bertz CT molecular complexity index is 4460. The van der Waals surface area contributed by atoms with E-state index in [0.717, 1.165) is 70.6 Å². The van der Waals surface area contributed by atoms with Crippen LogP contribution in [0.1, 0.15) is 399 Å². The Kier molecular flexibility index (Phi) is 52.9. The SMILES string of the molecule is CCCCCCCCCCCCCCCCCCOc1cc(C(=O)N(C)CC(=O)O[C@H]2C[C@H](n3cc(C)c(=O)[nH]c3=O)O[C@@H]2COP(=O)(OCCC#N)[C@H]2C[C@H](n3cc(C)c(=O)[nH]c3=O)O[C@@H]2COC(c2ccccc2)(c2ccc(OC)cc2)c2ccc(OC)cc2)cc(OCCCCCCCCCCCCCCCCCC)c1OCCCCCCCCCCCCCCCCCC. The number of carbonyl (C=O) groups is 2. The van der Waals surface area contributed by atoms with Gasteiger partial charge in [-0.25, -0.2) is 9.59 Å². The van der Waals surface area contributed by atoms with Crippen LogP contribution in [0.25, 0.3) is 0 Å². The van der Waals surface area contributed by atoms with E-state index in [1.165, 1.54) is 285 Å². The summed E-state index contributed by atoms with van der Waals surface area (Å²) in [4.78, 5) is 89.6. The van der Waals surface area contributed by atoms with Crippen molar-refractivity contribution in [1.82, 2.24) is 24.0 Å². The molecule has 0 bridgehead atoms. The number of esters is 1. The number of H-pyrrole nitrogens is 2. The Morgan fingerprint density at radius 3 is 1.21 bits per heavy atom. The highest BCUT2D eigenvalue weighted by molar-refractivity contribution is 7.54. The van der Waals surface area contributed by atoms with Gasteiger partial charge in [0, 0.05) is 49.0 Å². The van der Waals surface area contributed by atoms with Crippen molar-refractivity contribution in [2.24, 2.45) is 0 Å². The smallest absolute Gasteiger partial charge is 0.336 e. The lowest BCUT2D eigenvalue weighted by molar-refractivity contribution is -0.153. The first-order valence-electron chi connectivity index (χ1n) is 51.6. The van der Waals surface area contributed by atoms with E-state index in [9.17, 15) is 29.2 Å². The van der Waals surface area contributed by atoms with Gasteiger partial charge < -0.3 is 56.6 Å². The molecule has 0 spiro atoms. The van der Waals surface area contributed by atoms with Crippen LogP contribution < -0.4 is 46.2 Å². The molecule has 25 heteroatoms. The minimum Gasteiger partial charge on any atom is -0.497 e. The number of nitrogens with zero attached hydrogens (tertiary/aromatic N) is 4. The van der Waals surface area contributed by atoms with Crippen molar-refractivity contribution in [3.8, 4) is 34.8 Å². The number of hydrogen-bond acceptors (Lipinski definition) is 19. The Morgan fingerprint density at radius 1 is 0.466 bits per heavy atom. The number of aromatic nitrogens is 4. The van der Waals surface area contributed by atoms with Gasteiger partial charge in [-0.3, -0.25) is 42.8 Å². The molecule has 4 aromatic carbocycles. The molecule has 2 fully saturated rings. The van der Waals surface area contributed by atoms with Crippen LogP contribution in [-0.4, -0.2) is 127 Å². The molecule has 740 valence electrons. The molecule has 0 radical (unpaired) electrons. The van der Waals surface area contributed by atoms with Crippen molar-refractivity contribution in [1.29, 1.82) is 5.26 Å². The largest absolute Gasteiger partial charge is 0.497 e. The number of nitriles is 1. The van der Waals surface area contributed by atoms with Gasteiger partial charge in [-0.1, -0.05) is 364 Å². The van der Waals surface area contributed by atoms with Crippen molar-refractivity contribution in [3.63, 3.8) is 0 Å². The average Bonchev–Trinajstić information content (AvgIpc) is 1.54. The number of hydrogen-bond donors (Lipinski definition) is 2. The second-order valence-electron chi connectivity index (χ2n) is 37.1. The van der Waals surface area contributed by atoms with Gasteiger partial charge in [-0.05, 0) is 86.2 Å². The summed E-state index contributed by atoms with van der Waals surface area (Å²) in [7, 11) is -0.101. The number of unbranched alkanes of at least 4 members (excludes halogenated alkanes) is 45. The second kappa shape index (κ2) is 63.9. The Morgan fingerprint density at radius 2 is 0.827 bits per heavy atom. The topological polar surface area (TPSA) is 289 Å². The van der Waals surface area contributed by atoms with Gasteiger partial charge in [0.25, 0.3) is 17.0 Å². The molecule has 7 atom stereocenters. The third-order valence-electron chi connectivity index (χ3n) is 26.3. The number of nitrogens with one attached hydrogen (secondary N) is 2. The highest BCUT2D eigenvalue weighted by atomic mass is 31.2. The molecule has 133 heavy (non-hydrogen) atoms. The lowest BCUT2D eigenvalue weighted by Gasteiger charge is -2.37. The predicted octanol–water partition coefficient (Wildman–Crippen LogP) is 25.4. The molecule has 2 N–H and O–H groups in total. The maximum Gasteiger partial charge on any atom is 0.336 e. The van der Waals surface area contributed by atoms with Gasteiger partial charge in [-0.15, -0.1) is 0 Å². The first-order valence-corrected chi connectivity index (χ1v) is 53.2. The summed E-state index contributed by atoms with van der Waals surface area (Å²) >= 11 is 0. The van der Waals surface area contributed by atoms with E-state index in [1.54, 1.807) is 26.4 Å². The van der Waals surface area contributed by atoms with Crippen LogP contribution in [0.3, 0.4) is 0 Å². The number of aryl methyl sites for hydroxylation is 2. The maximum atomic E-state index is 16.5. The van der Waals surface area contributed by atoms with Crippen molar-refractivity contribution in [2.45, 2.75) is 404 Å². The second-order valence-corrected chi connectivity index (χ2v) is 39.4. The Labute approximate surface area is 795 Å². The number of amides is 1. The van der Waals surface area contributed by atoms with Crippen molar-refractivity contribution >= 4 is 19.5 Å². The summed E-state index contributed by atoms with van der Waals surface area (Å²) in [5.74, 6) is 0.999. The molecular formula is C108H165N6O18P. The predicted molar refractivity (Wildman–Crippen MR) is 529 cm³/mol. The zero-order valence-electron chi connectivity index (χ0n) is 82.4. The van der Waals surface area contributed by atoms with Crippen molar-refractivity contribution in [2.75, 3.05) is 67.5 Å². The fraction of sp³-hybridized carbons (Fsp3) is 0.676. The summed E-state index contributed by atoms with van der Waals surface area (Å²) in [6.07, 6.45) is 55.4. The van der Waals surface area contributed by atoms with Crippen LogP contribution in [0.4, 0.5) is 0 Å². The summed E-state index contributed by atoms with van der Waals surface area (Å²) in [6.45, 7) is 9.11. The van der Waals surface area contributed by atoms with Crippen LogP contribution in [0.2, 0.25) is 0 Å². The van der Waals surface area contributed by atoms with E-state index in [2.05, 4.69) is 36.8 Å². The molecule has 0 aliphatic carbocycles. The average molecular weight is 1870 g/mol. The van der Waals surface area contributed by atoms with Gasteiger partial charge in [0.2, 0.25) is 5.75 Å². The van der Waals surface area contributed by atoms with Crippen molar-refractivity contribution < 1.29 is 65.8 Å². The molecule has 0 saturated carbocycles. The van der Waals surface area contributed by atoms with E-state index < -0.39 is 104 Å². The molecule has 1 unspecified atom stereocenters. The Hall–Kier alpha value is -8.30. The lowest BCUT2D eigenvalue weighted by atomic mass is 9.80. The number of rotatable bonds is 75. The summed E-state index contributed by atoms with van der Waals surface area (Å²) in [6, 6.07) is 29.7. The minimum absolute atomic E-state index is 0.181. The van der Waals surface area contributed by atoms with Gasteiger partial charge in [0.05, 0.1) is 78.1 Å². The van der Waals surface area contributed by atoms with Gasteiger partial charge in [0.15, 0.2) is 11.5 Å². The first kappa shape index (κ1) is 110. The molecule has 24 nitrogen and oxygen atoms in total. The van der Waals surface area contributed by atoms with E-state index in [0.29, 0.717) is 65.3 Å². The standard InChI is InChI=1S/C108H165N6O18P/c1-9-12-15-18-21-24-27-30-33-36-39-42-45-48-51-57-72-124-94-76-87(77-95(125-73-58-52-49-46-43-40-37-34-31-28-25-22-19-16-13-10-2)102(94)126-74-59-53-50-47-44-41-38-35-32-29-26-23-20-17-14-11-3)105(118)112(6)82-101(115)132-93-78-99(113-80-85(4)103(116)110-106(113)119)130-96(93)84-129-133(121,128-75-60-71-109)98-79-100(114-81-86(5)104(117)111-107(114)120)131-97(98)83-127-108(88-61-55-54-56-62-88,89-63-67-91(122-7)68-64-89)90-65-69-92(123-8)70-66-90/h54-56,61-70,76-77,80-81,93,96-100H,9-53,57-60,72-75,78-79,82-84H2,1-8H3,(H,110,116,119)(H,111,117,120)/t93-,96+,97+,98-,99+,100+,133?/m0/s1. The van der Waals surface area contributed by atoms with Gasteiger partial charge in [0.1, 0.15) is 48.3 Å². The van der Waals surface area contributed by atoms with Crippen LogP contribution in [0, 0.1) is 25.2 Å². The third-order valence-corrected chi connectivity index (χ3v) is 28.7. The molecule has 4 heterocycles. The molecule has 2 aromatic heterocycles. The van der Waals surface area contributed by atoms with E-state index in [1.807, 2.05) is 78.9 Å². The highest BCUT2D eigenvalue weighted by Crippen LogP contribution is 2.61. The Balaban J connectivity index is 1.03. The van der Waals surface area contributed by atoms with E-state index in [4.69, 9.17) is 51.7 Å². The number of likely N-dealkylation sites (N-methyl/N-ethyl adjacent to an activating group) is 1. The lowest BCUT2D eigenvalue weighted by Crippen LogP contribution is -2.39. The number of benzene rings is 4. The molecule has 8 rings (SSSR count). The molecule has 6 aromatic rings. The molecule has 2 saturated heterocycles. The highest BCUT2D eigenvalue weighted by Gasteiger charge is 2.53. The van der Waals surface area contributed by atoms with Crippen LogP contribution in [0.5, 0.6) is 28.7 Å². The van der Waals surface area contributed by atoms with Crippen LogP contribution in [-0.2, 0) is 43.0 Å². The molecule has 2 aliphatic rings. The summed E-state index contributed by atoms with van der Waals surface area (Å²) in [5, 5.41) is 10.0. The van der Waals surface area contributed by atoms with Gasteiger partial charge in [-0.2, -0.15) is 5.26 Å². The maximum absolute atomic E-state index is 16.5. The van der Waals surface area contributed by atoms with Crippen molar-refractivity contribution in [3.05, 3.63) is 178 Å². The van der Waals surface area contributed by atoms with Gasteiger partial charge >= 0.3 is 24.9 Å². The van der Waals surface area contributed by atoms with E-state index in [-0.39, 0.29) is 42.6 Å². The zero-order chi connectivity index (χ0) is 94.9. The van der Waals surface area contributed by atoms with Crippen LogP contribution in [0.15, 0.2) is 123 Å². The van der Waals surface area contributed by atoms with E-state index >= 15 is 9.36 Å². The molecule has 2 aliphatic heterocycles. The molecule has 1 amide bonds. The quantitative estimate of drug-likeness (QED) is 0.0155. The number of aromatic amines is 2. The number of methoxy groups -OCH3 is 2. The summed E-state index contributed by atoms with van der Waals surface area (Å²) < 4.78 is 90.7. The third kappa shape index (κ3) is 38.3. The number of carbonyl (C=O) groups excluding carboxylic acids is 2.